The molecule has 2 N–H and O–H groups in total. The molecule has 0 spiro atoms. The first-order valence-electron chi connectivity index (χ1n) is 3.82. The van der Waals surface area contributed by atoms with Crippen LogP contribution in [0.4, 0.5) is 20.3 Å². The maximum atomic E-state index is 12.5. The predicted octanol–water partition coefficient (Wildman–Crippen LogP) is 1.44. The van der Waals surface area contributed by atoms with E-state index >= 15 is 0 Å². The number of anilines is 1. The van der Waals surface area contributed by atoms with Crippen molar-refractivity contribution in [2.75, 3.05) is 5.73 Å². The Kier molecular flexibility index (Phi) is 3.48. The van der Waals surface area contributed by atoms with E-state index in [1.54, 1.807) is 0 Å². The first kappa shape index (κ1) is 13.5. The standard InChI is InChI=1S/C6H4ClF2N3O4S/c7-17(15,16)6-4(12(13)14)2(5(8)9)1-3(10)11-6/h1,5H,(H2,10,11). The Morgan fingerprint density at radius 2 is 2.06 bits per heavy atom. The molecule has 0 saturated heterocycles. The third-order valence-corrected chi connectivity index (χ3v) is 2.84. The van der Waals surface area contributed by atoms with Gasteiger partial charge in [-0.25, -0.2) is 22.2 Å². The summed E-state index contributed by atoms with van der Waals surface area (Å²) in [7, 11) is 0.210. The smallest absolute Gasteiger partial charge is 0.316 e. The fraction of sp³-hybridized carbons (Fsp3) is 0.167. The first-order valence-corrected chi connectivity index (χ1v) is 6.13. The Bertz CT molecular complexity index is 577. The zero-order valence-corrected chi connectivity index (χ0v) is 9.37. The first-order chi connectivity index (χ1) is 7.64. The van der Waals surface area contributed by atoms with E-state index in [9.17, 15) is 27.3 Å². The van der Waals surface area contributed by atoms with Gasteiger partial charge in [-0.2, -0.15) is 0 Å². The van der Waals surface area contributed by atoms with Crippen molar-refractivity contribution in [1.82, 2.24) is 4.98 Å². The van der Waals surface area contributed by atoms with Gasteiger partial charge in [0.15, 0.2) is 0 Å². The summed E-state index contributed by atoms with van der Waals surface area (Å²) in [6.45, 7) is 0. The van der Waals surface area contributed by atoms with Crippen molar-refractivity contribution in [1.29, 1.82) is 0 Å². The normalized spacial score (nSPS) is 11.8. The average Bonchev–Trinajstić information content (AvgIpc) is 2.14. The topological polar surface area (TPSA) is 116 Å². The number of hydrogen-bond donors (Lipinski definition) is 1. The molecule has 11 heteroatoms. The molecule has 0 atom stereocenters. The number of halogens is 3. The van der Waals surface area contributed by atoms with Crippen molar-refractivity contribution in [3.63, 3.8) is 0 Å². The molecule has 0 aliphatic rings. The van der Waals surface area contributed by atoms with Gasteiger partial charge in [0.2, 0.25) is 0 Å². The molecule has 1 aromatic rings. The summed E-state index contributed by atoms with van der Waals surface area (Å²) in [5.41, 5.74) is 2.55. The van der Waals surface area contributed by atoms with Crippen LogP contribution in [-0.2, 0) is 9.05 Å². The highest BCUT2D eigenvalue weighted by molar-refractivity contribution is 8.13. The van der Waals surface area contributed by atoms with E-state index in [1.807, 2.05) is 0 Å². The van der Waals surface area contributed by atoms with E-state index in [1.165, 1.54) is 0 Å². The number of aromatic nitrogens is 1. The largest absolute Gasteiger partial charge is 0.384 e. The van der Waals surface area contributed by atoms with E-state index in [0.29, 0.717) is 6.07 Å². The lowest BCUT2D eigenvalue weighted by Gasteiger charge is -2.05. The van der Waals surface area contributed by atoms with Crippen LogP contribution in [0.2, 0.25) is 0 Å². The lowest BCUT2D eigenvalue weighted by molar-refractivity contribution is -0.389. The Balaban J connectivity index is 3.77. The molecule has 1 heterocycles. The average molecular weight is 288 g/mol. The van der Waals surface area contributed by atoms with Crippen LogP contribution in [0.25, 0.3) is 0 Å². The number of alkyl halides is 2. The van der Waals surface area contributed by atoms with Gasteiger partial charge in [-0.15, -0.1) is 0 Å². The minimum absolute atomic E-state index is 0.522. The molecule has 94 valence electrons. The molecule has 0 aliphatic heterocycles. The van der Waals surface area contributed by atoms with Gasteiger partial charge in [0.1, 0.15) is 11.4 Å². The highest BCUT2D eigenvalue weighted by Crippen LogP contribution is 2.35. The molecular weight excluding hydrogens is 284 g/mol. The molecule has 0 amide bonds. The van der Waals surface area contributed by atoms with Crippen molar-refractivity contribution in [3.05, 3.63) is 21.7 Å². The number of nitro groups is 1. The number of rotatable bonds is 3. The van der Waals surface area contributed by atoms with Crippen LogP contribution in [0.3, 0.4) is 0 Å². The van der Waals surface area contributed by atoms with Gasteiger partial charge in [-0.1, -0.05) is 0 Å². The molecule has 1 rings (SSSR count). The fourth-order valence-corrected chi connectivity index (χ4v) is 2.03. The summed E-state index contributed by atoms with van der Waals surface area (Å²) < 4.78 is 47.0. The third-order valence-electron chi connectivity index (χ3n) is 1.66. The monoisotopic (exact) mass is 287 g/mol. The molecule has 0 aliphatic carbocycles. The number of nitrogen functional groups attached to an aromatic ring is 1. The van der Waals surface area contributed by atoms with Crippen molar-refractivity contribution in [2.24, 2.45) is 0 Å². The van der Waals surface area contributed by atoms with Crippen LogP contribution in [0.5, 0.6) is 0 Å². The molecule has 7 nitrogen and oxygen atoms in total. The van der Waals surface area contributed by atoms with Crippen LogP contribution in [-0.4, -0.2) is 18.3 Å². The molecular formula is C6H4ClF2N3O4S. The van der Waals surface area contributed by atoms with Crippen molar-refractivity contribution in [2.45, 2.75) is 11.5 Å². The second-order valence-corrected chi connectivity index (χ2v) is 5.27. The maximum Gasteiger partial charge on any atom is 0.316 e. The van der Waals surface area contributed by atoms with Crippen LogP contribution in [0.1, 0.15) is 12.0 Å². The Labute approximate surface area is 97.8 Å². The summed E-state index contributed by atoms with van der Waals surface area (Å²) in [6.07, 6.45) is -3.28. The van der Waals surface area contributed by atoms with Gasteiger partial charge < -0.3 is 5.73 Å². The third kappa shape index (κ3) is 2.77. The van der Waals surface area contributed by atoms with Gasteiger partial charge in [0.05, 0.1) is 4.92 Å². The number of hydrogen-bond acceptors (Lipinski definition) is 6. The predicted molar refractivity (Wildman–Crippen MR) is 53.3 cm³/mol. The molecule has 0 unspecified atom stereocenters. The maximum absolute atomic E-state index is 12.5. The molecule has 0 radical (unpaired) electrons. The molecule has 0 aromatic carbocycles. The SMILES string of the molecule is Nc1cc(C(F)F)c([N+](=O)[O-])c(S(=O)(=O)Cl)n1. The Hall–Kier alpha value is -1.55. The highest BCUT2D eigenvalue weighted by Gasteiger charge is 2.33. The van der Waals surface area contributed by atoms with Crippen LogP contribution >= 0.6 is 10.7 Å². The van der Waals surface area contributed by atoms with Crippen LogP contribution < -0.4 is 5.73 Å². The van der Waals surface area contributed by atoms with Gasteiger partial charge in [0.25, 0.3) is 20.5 Å². The van der Waals surface area contributed by atoms with E-state index < -0.39 is 42.5 Å². The van der Waals surface area contributed by atoms with E-state index in [2.05, 4.69) is 4.98 Å². The molecule has 17 heavy (non-hydrogen) atoms. The minimum atomic E-state index is -4.65. The second-order valence-electron chi connectivity index (χ2n) is 2.79. The quantitative estimate of drug-likeness (QED) is 0.511. The van der Waals surface area contributed by atoms with Gasteiger partial charge in [-0.3, -0.25) is 10.1 Å². The molecule has 1 aromatic heterocycles. The van der Waals surface area contributed by atoms with Crippen LogP contribution in [0.15, 0.2) is 11.1 Å². The van der Waals surface area contributed by atoms with E-state index in [0.717, 1.165) is 0 Å². The summed E-state index contributed by atoms with van der Waals surface area (Å²) >= 11 is 0. The highest BCUT2D eigenvalue weighted by atomic mass is 35.7. The minimum Gasteiger partial charge on any atom is -0.384 e. The molecule has 0 fully saturated rings. The lowest BCUT2D eigenvalue weighted by atomic mass is 10.2. The lowest BCUT2D eigenvalue weighted by Crippen LogP contribution is -2.08. The zero-order chi connectivity index (χ0) is 13.4. The van der Waals surface area contributed by atoms with E-state index in [4.69, 9.17) is 16.4 Å². The number of nitrogens with zero attached hydrogens (tertiary/aromatic N) is 2. The fourth-order valence-electron chi connectivity index (χ4n) is 1.07. The summed E-state index contributed by atoms with van der Waals surface area (Å²) in [4.78, 5) is 12.4. The van der Waals surface area contributed by atoms with Crippen molar-refractivity contribution in [3.8, 4) is 0 Å². The zero-order valence-electron chi connectivity index (χ0n) is 7.80. The summed E-state index contributed by atoms with van der Waals surface area (Å²) in [5, 5.41) is 9.28. The Morgan fingerprint density at radius 1 is 1.53 bits per heavy atom. The van der Waals surface area contributed by atoms with Gasteiger partial charge in [-0.05, 0) is 6.07 Å². The second kappa shape index (κ2) is 4.37. The Morgan fingerprint density at radius 3 is 2.41 bits per heavy atom. The van der Waals surface area contributed by atoms with E-state index in [-0.39, 0.29) is 0 Å². The molecule has 0 saturated carbocycles. The van der Waals surface area contributed by atoms with Crippen molar-refractivity contribution >= 4 is 31.2 Å². The summed E-state index contributed by atoms with van der Waals surface area (Å²) in [6, 6.07) is 0.522. The van der Waals surface area contributed by atoms with Crippen molar-refractivity contribution < 1.29 is 22.1 Å². The van der Waals surface area contributed by atoms with Gasteiger partial charge >= 0.3 is 5.69 Å². The van der Waals surface area contributed by atoms with Gasteiger partial charge in [0, 0.05) is 10.7 Å². The summed E-state index contributed by atoms with van der Waals surface area (Å²) in [5.74, 6) is -0.606. The molecule has 0 bridgehead atoms. The van der Waals surface area contributed by atoms with Crippen LogP contribution in [0, 0.1) is 10.1 Å². The number of nitrogens with two attached hydrogens (primary N) is 1. The number of pyridine rings is 1.